The number of furan rings is 1. The van der Waals surface area contributed by atoms with Crippen molar-refractivity contribution in [3.63, 3.8) is 0 Å². The Hall–Kier alpha value is -2.87. The van der Waals surface area contributed by atoms with Gasteiger partial charge in [-0.1, -0.05) is 0 Å². The van der Waals surface area contributed by atoms with Crippen LogP contribution in [0.3, 0.4) is 0 Å². The molecule has 1 saturated carbocycles. The van der Waals surface area contributed by atoms with Crippen molar-refractivity contribution in [2.24, 2.45) is 10.8 Å². The standard InChI is InChI=1S/C17H19N5O3/c1-9-20-8-14(16-7-13-15(25-16)3-4-19-17(13)23)22(9)21-10(2)24-12-5-11(18)6-12/h3-4,7-8,11-12H,5-6,18H2,1-2H3,(H,19,23). The maximum Gasteiger partial charge on any atom is 0.259 e. The topological polar surface area (TPSA) is 111 Å². The Kier molecular flexibility index (Phi) is 3.69. The Morgan fingerprint density at radius 3 is 3.04 bits per heavy atom. The van der Waals surface area contributed by atoms with Crippen LogP contribution in [-0.2, 0) is 4.74 Å². The molecule has 130 valence electrons. The molecule has 1 aliphatic carbocycles. The molecule has 0 unspecified atom stereocenters. The highest BCUT2D eigenvalue weighted by molar-refractivity contribution is 5.81. The quantitative estimate of drug-likeness (QED) is 0.559. The lowest BCUT2D eigenvalue weighted by molar-refractivity contribution is 0.0876. The molecule has 1 fully saturated rings. The molecule has 0 bridgehead atoms. The van der Waals surface area contributed by atoms with Crippen LogP contribution in [0.25, 0.3) is 22.4 Å². The molecule has 0 amide bonds. The van der Waals surface area contributed by atoms with Gasteiger partial charge in [-0.15, -0.1) is 5.10 Å². The average molecular weight is 341 g/mol. The van der Waals surface area contributed by atoms with Gasteiger partial charge in [0.2, 0.25) is 5.90 Å². The van der Waals surface area contributed by atoms with Crippen molar-refractivity contribution < 1.29 is 9.15 Å². The molecule has 0 atom stereocenters. The van der Waals surface area contributed by atoms with E-state index < -0.39 is 0 Å². The van der Waals surface area contributed by atoms with E-state index in [1.54, 1.807) is 36.1 Å². The van der Waals surface area contributed by atoms with Crippen LogP contribution in [0, 0.1) is 6.92 Å². The number of hydrogen-bond acceptors (Lipinski definition) is 6. The predicted molar refractivity (Wildman–Crippen MR) is 93.4 cm³/mol. The Morgan fingerprint density at radius 1 is 1.52 bits per heavy atom. The van der Waals surface area contributed by atoms with Gasteiger partial charge in [0.15, 0.2) is 5.76 Å². The summed E-state index contributed by atoms with van der Waals surface area (Å²) in [5, 5.41) is 4.99. The van der Waals surface area contributed by atoms with Gasteiger partial charge in [0.05, 0.1) is 11.6 Å². The third-order valence-corrected chi connectivity index (χ3v) is 4.32. The number of pyridine rings is 1. The molecule has 3 heterocycles. The lowest BCUT2D eigenvalue weighted by Gasteiger charge is -2.32. The number of nitrogens with zero attached hydrogens (tertiary/aromatic N) is 3. The Bertz CT molecular complexity index is 1010. The highest BCUT2D eigenvalue weighted by Gasteiger charge is 2.28. The number of nitrogens with two attached hydrogens (primary N) is 1. The minimum atomic E-state index is -0.195. The summed E-state index contributed by atoms with van der Waals surface area (Å²) in [5.74, 6) is 1.75. The van der Waals surface area contributed by atoms with Gasteiger partial charge in [0, 0.05) is 19.2 Å². The summed E-state index contributed by atoms with van der Waals surface area (Å²) in [6, 6.07) is 3.63. The first kappa shape index (κ1) is 15.6. The second kappa shape index (κ2) is 5.89. The zero-order valence-corrected chi connectivity index (χ0v) is 14.0. The van der Waals surface area contributed by atoms with Crippen LogP contribution >= 0.6 is 0 Å². The fraction of sp³-hybridized carbons (Fsp3) is 0.353. The summed E-state index contributed by atoms with van der Waals surface area (Å²) in [6.07, 6.45) is 5.03. The highest BCUT2D eigenvalue weighted by atomic mass is 16.5. The molecule has 25 heavy (non-hydrogen) atoms. The van der Waals surface area contributed by atoms with Crippen molar-refractivity contribution in [1.82, 2.24) is 14.6 Å². The van der Waals surface area contributed by atoms with Gasteiger partial charge in [-0.25, -0.2) is 9.66 Å². The number of nitrogens with one attached hydrogen (secondary N) is 1. The summed E-state index contributed by atoms with van der Waals surface area (Å²) in [4.78, 5) is 18.8. The lowest BCUT2D eigenvalue weighted by atomic mass is 9.90. The van der Waals surface area contributed by atoms with Gasteiger partial charge in [-0.2, -0.15) is 0 Å². The molecule has 0 aromatic carbocycles. The van der Waals surface area contributed by atoms with Crippen molar-refractivity contribution in [2.75, 3.05) is 0 Å². The van der Waals surface area contributed by atoms with E-state index in [1.165, 1.54) is 0 Å². The first-order valence-corrected chi connectivity index (χ1v) is 8.15. The monoisotopic (exact) mass is 341 g/mol. The molecule has 0 saturated heterocycles. The Morgan fingerprint density at radius 2 is 2.32 bits per heavy atom. The number of H-pyrrole nitrogens is 1. The van der Waals surface area contributed by atoms with E-state index in [0.717, 1.165) is 12.8 Å². The van der Waals surface area contributed by atoms with Crippen molar-refractivity contribution in [2.45, 2.75) is 38.8 Å². The van der Waals surface area contributed by atoms with E-state index in [1.807, 2.05) is 6.92 Å². The average Bonchev–Trinajstić information content (AvgIpc) is 3.11. The largest absolute Gasteiger partial charge is 0.476 e. The van der Waals surface area contributed by atoms with Gasteiger partial charge in [0.25, 0.3) is 5.56 Å². The maximum absolute atomic E-state index is 11.9. The molecular weight excluding hydrogens is 322 g/mol. The molecule has 8 heteroatoms. The minimum absolute atomic E-state index is 0.121. The molecule has 8 nitrogen and oxygen atoms in total. The molecule has 3 aromatic rings. The van der Waals surface area contributed by atoms with Crippen molar-refractivity contribution >= 4 is 16.9 Å². The van der Waals surface area contributed by atoms with Crippen LogP contribution in [0.1, 0.15) is 25.6 Å². The lowest BCUT2D eigenvalue weighted by Crippen LogP contribution is -2.42. The third-order valence-electron chi connectivity index (χ3n) is 4.32. The van der Waals surface area contributed by atoms with E-state index in [0.29, 0.717) is 34.1 Å². The second-order valence-electron chi connectivity index (χ2n) is 6.29. The van der Waals surface area contributed by atoms with Crippen molar-refractivity contribution in [3.05, 3.63) is 40.7 Å². The zero-order valence-electron chi connectivity index (χ0n) is 14.0. The van der Waals surface area contributed by atoms with Gasteiger partial charge >= 0.3 is 0 Å². The van der Waals surface area contributed by atoms with E-state index in [-0.39, 0.29) is 17.7 Å². The van der Waals surface area contributed by atoms with Crippen LogP contribution in [0.15, 0.2) is 38.8 Å². The molecule has 0 aliphatic heterocycles. The number of fused-ring (bicyclic) bond motifs is 1. The molecule has 4 rings (SSSR count). The Balaban J connectivity index is 1.69. The molecule has 0 radical (unpaired) electrons. The number of aromatic nitrogens is 3. The molecule has 3 aromatic heterocycles. The van der Waals surface area contributed by atoms with E-state index in [4.69, 9.17) is 14.9 Å². The maximum atomic E-state index is 11.9. The summed E-state index contributed by atoms with van der Waals surface area (Å²) >= 11 is 0. The summed E-state index contributed by atoms with van der Waals surface area (Å²) < 4.78 is 13.2. The molecule has 3 N–H and O–H groups in total. The SMILES string of the molecule is CC(=Nn1c(-c2cc3c(=O)[nH]ccc3o2)cnc1C)OC1CC(N)C1. The molecule has 1 aliphatic rings. The van der Waals surface area contributed by atoms with E-state index >= 15 is 0 Å². The van der Waals surface area contributed by atoms with Crippen LogP contribution in [0.5, 0.6) is 0 Å². The van der Waals surface area contributed by atoms with Crippen LogP contribution in [0.4, 0.5) is 0 Å². The molecule has 0 spiro atoms. The van der Waals surface area contributed by atoms with E-state index in [2.05, 4.69) is 15.1 Å². The summed E-state index contributed by atoms with van der Waals surface area (Å²) in [6.45, 7) is 3.64. The van der Waals surface area contributed by atoms with Gasteiger partial charge in [-0.05, 0) is 31.9 Å². The molecular formula is C17H19N5O3. The number of ether oxygens (including phenoxy) is 1. The normalized spacial score (nSPS) is 20.7. The number of imidazole rings is 1. The van der Waals surface area contributed by atoms with Gasteiger partial charge < -0.3 is 19.9 Å². The fourth-order valence-electron chi connectivity index (χ4n) is 2.94. The van der Waals surface area contributed by atoms with Crippen molar-refractivity contribution in [3.8, 4) is 11.5 Å². The van der Waals surface area contributed by atoms with Crippen LogP contribution in [-0.4, -0.2) is 32.7 Å². The first-order valence-electron chi connectivity index (χ1n) is 8.15. The van der Waals surface area contributed by atoms with E-state index in [9.17, 15) is 4.79 Å². The summed E-state index contributed by atoms with van der Waals surface area (Å²) in [5.41, 5.74) is 6.76. The smallest absolute Gasteiger partial charge is 0.259 e. The van der Waals surface area contributed by atoms with Gasteiger partial charge in [0.1, 0.15) is 23.2 Å². The Labute approximate surface area is 143 Å². The zero-order chi connectivity index (χ0) is 17.6. The van der Waals surface area contributed by atoms with Crippen molar-refractivity contribution in [1.29, 1.82) is 0 Å². The number of rotatable bonds is 3. The predicted octanol–water partition coefficient (Wildman–Crippen LogP) is 1.98. The van der Waals surface area contributed by atoms with Crippen LogP contribution in [0.2, 0.25) is 0 Å². The third kappa shape index (κ3) is 2.85. The first-order chi connectivity index (χ1) is 12.0. The van der Waals surface area contributed by atoms with Gasteiger partial charge in [-0.3, -0.25) is 4.79 Å². The fourth-order valence-corrected chi connectivity index (χ4v) is 2.94. The van der Waals surface area contributed by atoms with Crippen LogP contribution < -0.4 is 11.3 Å². The number of aromatic amines is 1. The second-order valence-corrected chi connectivity index (χ2v) is 6.29. The highest BCUT2D eigenvalue weighted by Crippen LogP contribution is 2.27. The minimum Gasteiger partial charge on any atom is -0.476 e. The number of aryl methyl sites for hydroxylation is 1. The summed E-state index contributed by atoms with van der Waals surface area (Å²) in [7, 11) is 0. The number of hydrogen-bond donors (Lipinski definition) is 2.